The van der Waals surface area contributed by atoms with Gasteiger partial charge in [-0.15, -0.1) is 0 Å². The quantitative estimate of drug-likeness (QED) is 0.809. The number of rotatable bonds is 6. The second kappa shape index (κ2) is 6.96. The molecule has 2 N–H and O–H groups in total. The number of aliphatic hydroxyl groups excluding tert-OH is 1. The molecule has 0 aliphatic carbocycles. The zero-order valence-corrected chi connectivity index (χ0v) is 10.5. The number of hydrogen-bond donors (Lipinski definition) is 2. The van der Waals surface area contributed by atoms with E-state index in [0.29, 0.717) is 18.7 Å². The lowest BCUT2D eigenvalue weighted by atomic mass is 10.3. The standard InChI is InChI=1S/C13H18FNO3/c1-9(16)7-8-15-13(17)10(2)18-12-5-3-11(14)4-6-12/h3-6,9-10,16H,7-8H2,1-2H3,(H,15,17). The van der Waals surface area contributed by atoms with Gasteiger partial charge in [0.25, 0.3) is 5.91 Å². The van der Waals surface area contributed by atoms with Crippen molar-refractivity contribution in [2.45, 2.75) is 32.5 Å². The van der Waals surface area contributed by atoms with Crippen LogP contribution in [0.15, 0.2) is 24.3 Å². The van der Waals surface area contributed by atoms with Crippen LogP contribution >= 0.6 is 0 Å². The average molecular weight is 255 g/mol. The van der Waals surface area contributed by atoms with Gasteiger partial charge in [0, 0.05) is 6.54 Å². The summed E-state index contributed by atoms with van der Waals surface area (Å²) in [6, 6.07) is 5.48. The maximum Gasteiger partial charge on any atom is 0.260 e. The Morgan fingerprint density at radius 3 is 2.56 bits per heavy atom. The van der Waals surface area contributed by atoms with E-state index in [1.807, 2.05) is 0 Å². The summed E-state index contributed by atoms with van der Waals surface area (Å²) >= 11 is 0. The lowest BCUT2D eigenvalue weighted by Gasteiger charge is -2.15. The summed E-state index contributed by atoms with van der Waals surface area (Å²) in [4.78, 5) is 11.6. The SMILES string of the molecule is CC(O)CCNC(=O)C(C)Oc1ccc(F)cc1. The molecular weight excluding hydrogens is 237 g/mol. The molecule has 1 amide bonds. The lowest BCUT2D eigenvalue weighted by molar-refractivity contribution is -0.127. The van der Waals surface area contributed by atoms with E-state index in [0.717, 1.165) is 0 Å². The van der Waals surface area contributed by atoms with E-state index in [1.54, 1.807) is 13.8 Å². The van der Waals surface area contributed by atoms with Gasteiger partial charge < -0.3 is 15.2 Å². The van der Waals surface area contributed by atoms with Crippen LogP contribution in [0.3, 0.4) is 0 Å². The van der Waals surface area contributed by atoms with Gasteiger partial charge in [-0.25, -0.2) is 4.39 Å². The molecule has 0 radical (unpaired) electrons. The molecule has 1 aromatic carbocycles. The summed E-state index contributed by atoms with van der Waals surface area (Å²) in [5.74, 6) is -0.175. The molecule has 0 saturated carbocycles. The second-order valence-corrected chi connectivity index (χ2v) is 4.14. The number of hydrogen-bond acceptors (Lipinski definition) is 3. The maximum absolute atomic E-state index is 12.7. The molecule has 0 bridgehead atoms. The zero-order valence-electron chi connectivity index (χ0n) is 10.5. The van der Waals surface area contributed by atoms with E-state index in [9.17, 15) is 9.18 Å². The van der Waals surface area contributed by atoms with Gasteiger partial charge in [-0.2, -0.15) is 0 Å². The topological polar surface area (TPSA) is 58.6 Å². The number of benzene rings is 1. The Bertz CT molecular complexity index is 378. The number of ether oxygens (including phenoxy) is 1. The molecule has 4 nitrogen and oxygen atoms in total. The number of nitrogens with one attached hydrogen (secondary N) is 1. The van der Waals surface area contributed by atoms with Gasteiger partial charge in [-0.05, 0) is 44.5 Å². The van der Waals surface area contributed by atoms with E-state index in [-0.39, 0.29) is 11.7 Å². The van der Waals surface area contributed by atoms with Crippen LogP contribution in [-0.4, -0.2) is 29.8 Å². The molecule has 2 atom stereocenters. The van der Waals surface area contributed by atoms with Crippen LogP contribution in [0.25, 0.3) is 0 Å². The fourth-order valence-electron chi connectivity index (χ4n) is 1.32. The van der Waals surface area contributed by atoms with Crippen molar-refractivity contribution in [1.82, 2.24) is 5.32 Å². The second-order valence-electron chi connectivity index (χ2n) is 4.14. The first-order chi connectivity index (χ1) is 8.49. The van der Waals surface area contributed by atoms with E-state index < -0.39 is 12.2 Å². The third-order valence-corrected chi connectivity index (χ3v) is 2.36. The minimum Gasteiger partial charge on any atom is -0.481 e. The molecule has 1 rings (SSSR count). The molecule has 0 saturated heterocycles. The molecule has 18 heavy (non-hydrogen) atoms. The number of carbonyl (C=O) groups is 1. The Morgan fingerprint density at radius 2 is 2.00 bits per heavy atom. The number of aliphatic hydroxyl groups is 1. The molecule has 2 unspecified atom stereocenters. The largest absolute Gasteiger partial charge is 0.481 e. The summed E-state index contributed by atoms with van der Waals surface area (Å²) < 4.78 is 18.0. The molecule has 0 spiro atoms. The minimum atomic E-state index is -0.663. The summed E-state index contributed by atoms with van der Waals surface area (Å²) in [5.41, 5.74) is 0. The molecule has 0 aliphatic rings. The number of carbonyl (C=O) groups excluding carboxylic acids is 1. The third-order valence-electron chi connectivity index (χ3n) is 2.36. The van der Waals surface area contributed by atoms with Crippen molar-refractivity contribution in [3.05, 3.63) is 30.1 Å². The van der Waals surface area contributed by atoms with Crippen molar-refractivity contribution in [1.29, 1.82) is 0 Å². The Balaban J connectivity index is 2.37. The van der Waals surface area contributed by atoms with Crippen LogP contribution in [0.5, 0.6) is 5.75 Å². The first-order valence-electron chi connectivity index (χ1n) is 5.87. The Labute approximate surface area is 106 Å². The van der Waals surface area contributed by atoms with Crippen LogP contribution in [-0.2, 0) is 4.79 Å². The van der Waals surface area contributed by atoms with Gasteiger partial charge in [0.1, 0.15) is 11.6 Å². The van der Waals surface area contributed by atoms with Gasteiger partial charge in [-0.1, -0.05) is 0 Å². The van der Waals surface area contributed by atoms with Crippen molar-refractivity contribution in [3.63, 3.8) is 0 Å². The van der Waals surface area contributed by atoms with E-state index in [1.165, 1.54) is 24.3 Å². The predicted octanol–water partition coefficient (Wildman–Crippen LogP) is 1.48. The van der Waals surface area contributed by atoms with Gasteiger partial charge in [0.15, 0.2) is 6.10 Å². The molecule has 0 aliphatic heterocycles. The summed E-state index contributed by atoms with van der Waals surface area (Å²) in [6.45, 7) is 3.67. The smallest absolute Gasteiger partial charge is 0.260 e. The highest BCUT2D eigenvalue weighted by molar-refractivity contribution is 5.80. The molecule has 100 valence electrons. The summed E-state index contributed by atoms with van der Waals surface area (Å²) in [6.07, 6.45) is -0.613. The monoisotopic (exact) mass is 255 g/mol. The van der Waals surface area contributed by atoms with Crippen LogP contribution in [0.1, 0.15) is 20.3 Å². The summed E-state index contributed by atoms with van der Waals surface area (Å²) in [5, 5.41) is 11.7. The Morgan fingerprint density at radius 1 is 1.39 bits per heavy atom. The number of halogens is 1. The maximum atomic E-state index is 12.7. The molecule has 0 heterocycles. The third kappa shape index (κ3) is 5.14. The highest BCUT2D eigenvalue weighted by Crippen LogP contribution is 2.12. The fraction of sp³-hybridized carbons (Fsp3) is 0.462. The van der Waals surface area contributed by atoms with Gasteiger partial charge in [-0.3, -0.25) is 4.79 Å². The fourth-order valence-corrected chi connectivity index (χ4v) is 1.32. The summed E-state index contributed by atoms with van der Waals surface area (Å²) in [7, 11) is 0. The molecule has 1 aromatic rings. The Hall–Kier alpha value is -1.62. The Kier molecular flexibility index (Phi) is 5.58. The molecule has 5 heteroatoms. The van der Waals surface area contributed by atoms with Crippen molar-refractivity contribution in [2.24, 2.45) is 0 Å². The van der Waals surface area contributed by atoms with E-state index in [2.05, 4.69) is 5.32 Å². The van der Waals surface area contributed by atoms with Gasteiger partial charge >= 0.3 is 0 Å². The van der Waals surface area contributed by atoms with Gasteiger partial charge in [0.05, 0.1) is 6.10 Å². The van der Waals surface area contributed by atoms with Crippen molar-refractivity contribution in [3.8, 4) is 5.75 Å². The van der Waals surface area contributed by atoms with Crippen molar-refractivity contribution < 1.29 is 19.0 Å². The van der Waals surface area contributed by atoms with Crippen molar-refractivity contribution in [2.75, 3.05) is 6.54 Å². The first kappa shape index (κ1) is 14.4. The van der Waals surface area contributed by atoms with E-state index in [4.69, 9.17) is 9.84 Å². The van der Waals surface area contributed by atoms with Crippen LogP contribution in [0, 0.1) is 5.82 Å². The normalized spacial score (nSPS) is 13.8. The highest BCUT2D eigenvalue weighted by Gasteiger charge is 2.14. The van der Waals surface area contributed by atoms with Crippen LogP contribution in [0.2, 0.25) is 0 Å². The highest BCUT2D eigenvalue weighted by atomic mass is 19.1. The number of amides is 1. The predicted molar refractivity (Wildman–Crippen MR) is 65.8 cm³/mol. The first-order valence-corrected chi connectivity index (χ1v) is 5.87. The lowest BCUT2D eigenvalue weighted by Crippen LogP contribution is -2.37. The zero-order chi connectivity index (χ0) is 13.5. The average Bonchev–Trinajstić information content (AvgIpc) is 2.31. The molecular formula is C13H18FNO3. The molecule has 0 fully saturated rings. The minimum absolute atomic E-state index is 0.264. The van der Waals surface area contributed by atoms with Crippen LogP contribution < -0.4 is 10.1 Å². The van der Waals surface area contributed by atoms with Crippen LogP contribution in [0.4, 0.5) is 4.39 Å². The van der Waals surface area contributed by atoms with Gasteiger partial charge in [0.2, 0.25) is 0 Å². The van der Waals surface area contributed by atoms with Crippen molar-refractivity contribution >= 4 is 5.91 Å². The molecule has 0 aromatic heterocycles. The van der Waals surface area contributed by atoms with E-state index >= 15 is 0 Å².